The maximum atomic E-state index is 12.3. The number of hydrogen-bond donors (Lipinski definition) is 1. The highest BCUT2D eigenvalue weighted by Gasteiger charge is 2.16. The van der Waals surface area contributed by atoms with Crippen LogP contribution in [0.15, 0.2) is 24.4 Å². The molecule has 0 saturated heterocycles. The fourth-order valence-electron chi connectivity index (χ4n) is 1.70. The molecule has 1 N–H and O–H groups in total. The number of esters is 1. The molecule has 128 valence electrons. The maximum absolute atomic E-state index is 12.3. The molecule has 0 atom stereocenters. The van der Waals surface area contributed by atoms with Crippen LogP contribution in [0.2, 0.25) is 0 Å². The van der Waals surface area contributed by atoms with Gasteiger partial charge in [-0.1, -0.05) is 11.3 Å². The number of ether oxygens (including phenoxy) is 3. The summed E-state index contributed by atoms with van der Waals surface area (Å²) in [6, 6.07) is 3.74. The molecule has 0 aliphatic rings. The fraction of sp³-hybridized carbons (Fsp3) is 0.214. The highest BCUT2D eigenvalue weighted by Crippen LogP contribution is 2.30. The smallest absolute Gasteiger partial charge is 0.387 e. The normalized spacial score (nSPS) is 10.4. The molecule has 10 heteroatoms. The summed E-state index contributed by atoms with van der Waals surface area (Å²) in [5.74, 6) is -1.32. The van der Waals surface area contributed by atoms with E-state index in [0.717, 1.165) is 11.3 Å². The van der Waals surface area contributed by atoms with Crippen molar-refractivity contribution in [1.29, 1.82) is 0 Å². The molecule has 2 rings (SSSR count). The highest BCUT2D eigenvalue weighted by molar-refractivity contribution is 7.17. The maximum Gasteiger partial charge on any atom is 0.387 e. The van der Waals surface area contributed by atoms with Crippen molar-refractivity contribution in [1.82, 2.24) is 4.98 Å². The van der Waals surface area contributed by atoms with Crippen molar-refractivity contribution in [2.24, 2.45) is 0 Å². The number of nitrogens with zero attached hydrogens (tertiary/aromatic N) is 1. The lowest BCUT2D eigenvalue weighted by atomic mass is 10.2. The molecule has 0 spiro atoms. The second kappa shape index (κ2) is 7.68. The third-order valence-electron chi connectivity index (χ3n) is 2.75. The summed E-state index contributed by atoms with van der Waals surface area (Å²) < 4.78 is 38.3. The molecule has 0 fully saturated rings. The predicted octanol–water partition coefficient (Wildman–Crippen LogP) is 2.79. The van der Waals surface area contributed by atoms with Crippen LogP contribution < -0.4 is 14.8 Å². The molecule has 24 heavy (non-hydrogen) atoms. The van der Waals surface area contributed by atoms with E-state index in [1.807, 2.05) is 0 Å². The molecule has 0 bridgehead atoms. The minimum atomic E-state index is -3.01. The Morgan fingerprint density at radius 3 is 2.62 bits per heavy atom. The third-order valence-corrected chi connectivity index (χ3v) is 3.65. The number of carbonyl (C=O) groups is 2. The summed E-state index contributed by atoms with van der Waals surface area (Å²) in [5.41, 5.74) is 0.142. The predicted molar refractivity (Wildman–Crippen MR) is 81.0 cm³/mol. The molecule has 1 aromatic carbocycles. The van der Waals surface area contributed by atoms with Gasteiger partial charge in [0, 0.05) is 5.56 Å². The summed E-state index contributed by atoms with van der Waals surface area (Å²) in [6.45, 7) is -3.01. The van der Waals surface area contributed by atoms with E-state index in [9.17, 15) is 18.4 Å². The van der Waals surface area contributed by atoms with Crippen molar-refractivity contribution in [3.05, 3.63) is 34.8 Å². The second-order valence-electron chi connectivity index (χ2n) is 4.22. The zero-order chi connectivity index (χ0) is 17.7. The topological polar surface area (TPSA) is 86.8 Å². The van der Waals surface area contributed by atoms with Gasteiger partial charge in [-0.05, 0) is 18.2 Å². The van der Waals surface area contributed by atoms with Crippen LogP contribution in [0.4, 0.5) is 13.9 Å². The molecule has 1 amide bonds. The number of alkyl halides is 2. The van der Waals surface area contributed by atoms with E-state index in [0.29, 0.717) is 0 Å². The number of benzene rings is 1. The van der Waals surface area contributed by atoms with Gasteiger partial charge < -0.3 is 14.2 Å². The van der Waals surface area contributed by atoms with Gasteiger partial charge in [0.15, 0.2) is 16.6 Å². The number of thiazole rings is 1. The first-order valence-electron chi connectivity index (χ1n) is 6.43. The Hall–Kier alpha value is -2.75. The summed E-state index contributed by atoms with van der Waals surface area (Å²) >= 11 is 0.937. The Labute approximate surface area is 139 Å². The summed E-state index contributed by atoms with van der Waals surface area (Å²) in [4.78, 5) is 27.6. The number of rotatable bonds is 6. The second-order valence-corrected chi connectivity index (χ2v) is 5.25. The van der Waals surface area contributed by atoms with Gasteiger partial charge in [-0.3, -0.25) is 10.1 Å². The Balaban J connectivity index is 2.14. The molecular formula is C14H12F2N2O5S. The Morgan fingerprint density at radius 1 is 1.25 bits per heavy atom. The number of nitrogens with one attached hydrogen (secondary N) is 1. The summed E-state index contributed by atoms with van der Waals surface area (Å²) in [5, 5.41) is 2.67. The fourth-order valence-corrected chi connectivity index (χ4v) is 2.43. The number of hydrogen-bond acceptors (Lipinski definition) is 7. The van der Waals surface area contributed by atoms with E-state index in [-0.39, 0.29) is 27.1 Å². The van der Waals surface area contributed by atoms with Crippen molar-refractivity contribution in [2.45, 2.75) is 6.61 Å². The monoisotopic (exact) mass is 358 g/mol. The Bertz CT molecular complexity index is 751. The first kappa shape index (κ1) is 17.6. The number of methoxy groups -OCH3 is 2. The van der Waals surface area contributed by atoms with Crippen molar-refractivity contribution in [3.63, 3.8) is 0 Å². The van der Waals surface area contributed by atoms with Gasteiger partial charge in [-0.25, -0.2) is 9.78 Å². The van der Waals surface area contributed by atoms with E-state index >= 15 is 0 Å². The number of amides is 1. The molecule has 1 aromatic heterocycles. The molecule has 1 heterocycles. The van der Waals surface area contributed by atoms with Crippen LogP contribution in [0, 0.1) is 0 Å². The van der Waals surface area contributed by atoms with Crippen LogP contribution in [0.25, 0.3) is 0 Å². The van der Waals surface area contributed by atoms with Gasteiger partial charge >= 0.3 is 12.6 Å². The first-order valence-corrected chi connectivity index (χ1v) is 7.24. The number of aromatic nitrogens is 1. The van der Waals surface area contributed by atoms with Crippen molar-refractivity contribution < 1.29 is 32.6 Å². The highest BCUT2D eigenvalue weighted by atomic mass is 32.1. The van der Waals surface area contributed by atoms with Crippen molar-refractivity contribution in [3.8, 4) is 11.5 Å². The lowest BCUT2D eigenvalue weighted by molar-refractivity contribution is -0.0512. The quantitative estimate of drug-likeness (QED) is 0.799. The van der Waals surface area contributed by atoms with Crippen LogP contribution in [-0.4, -0.2) is 37.7 Å². The average molecular weight is 358 g/mol. The molecule has 7 nitrogen and oxygen atoms in total. The van der Waals surface area contributed by atoms with E-state index in [1.54, 1.807) is 0 Å². The van der Waals surface area contributed by atoms with Gasteiger partial charge in [0.2, 0.25) is 0 Å². The Morgan fingerprint density at radius 2 is 2.00 bits per heavy atom. The van der Waals surface area contributed by atoms with Crippen molar-refractivity contribution >= 4 is 28.3 Å². The van der Waals surface area contributed by atoms with E-state index in [4.69, 9.17) is 4.74 Å². The number of halogens is 2. The van der Waals surface area contributed by atoms with Crippen LogP contribution >= 0.6 is 11.3 Å². The minimum absolute atomic E-state index is 0.0164. The van der Waals surface area contributed by atoms with Crippen LogP contribution in [0.1, 0.15) is 20.0 Å². The zero-order valence-electron chi connectivity index (χ0n) is 12.5. The van der Waals surface area contributed by atoms with Gasteiger partial charge in [-0.2, -0.15) is 8.78 Å². The lowest BCUT2D eigenvalue weighted by Crippen LogP contribution is -2.12. The van der Waals surface area contributed by atoms with Crippen LogP contribution in [0.5, 0.6) is 11.5 Å². The molecular weight excluding hydrogens is 346 g/mol. The first-order chi connectivity index (χ1) is 11.4. The lowest BCUT2D eigenvalue weighted by Gasteiger charge is -2.11. The summed E-state index contributed by atoms with van der Waals surface area (Å²) in [6.07, 6.45) is 1.27. The SMILES string of the molecule is COC(=O)c1cnc(NC(=O)c2ccc(OC(F)F)c(OC)c2)s1. The molecule has 0 aliphatic heterocycles. The number of carbonyl (C=O) groups excluding carboxylic acids is 2. The average Bonchev–Trinajstić information content (AvgIpc) is 3.02. The van der Waals surface area contributed by atoms with Crippen LogP contribution in [-0.2, 0) is 4.74 Å². The van der Waals surface area contributed by atoms with Gasteiger partial charge in [-0.15, -0.1) is 0 Å². The molecule has 0 aliphatic carbocycles. The van der Waals surface area contributed by atoms with Crippen LogP contribution in [0.3, 0.4) is 0 Å². The van der Waals surface area contributed by atoms with Crippen molar-refractivity contribution in [2.75, 3.05) is 19.5 Å². The minimum Gasteiger partial charge on any atom is -0.493 e. The third kappa shape index (κ3) is 4.16. The number of anilines is 1. The van der Waals surface area contributed by atoms with E-state index < -0.39 is 18.5 Å². The largest absolute Gasteiger partial charge is 0.493 e. The van der Waals surface area contributed by atoms with Gasteiger partial charge in [0.05, 0.1) is 20.4 Å². The molecule has 0 radical (unpaired) electrons. The molecule has 0 saturated carbocycles. The molecule has 2 aromatic rings. The summed E-state index contributed by atoms with van der Waals surface area (Å²) in [7, 11) is 2.49. The standard InChI is InChI=1S/C14H12F2N2O5S/c1-21-9-5-7(3-4-8(9)23-13(15)16)11(19)18-14-17-6-10(24-14)12(20)22-2/h3-6,13H,1-2H3,(H,17,18,19). The zero-order valence-corrected chi connectivity index (χ0v) is 13.4. The van der Waals surface area contributed by atoms with Gasteiger partial charge in [0.25, 0.3) is 5.91 Å². The Kier molecular flexibility index (Phi) is 5.64. The van der Waals surface area contributed by atoms with E-state index in [2.05, 4.69) is 19.8 Å². The molecule has 0 unspecified atom stereocenters. The van der Waals surface area contributed by atoms with Gasteiger partial charge in [0.1, 0.15) is 4.88 Å². The van der Waals surface area contributed by atoms with E-state index in [1.165, 1.54) is 38.6 Å².